The van der Waals surface area contributed by atoms with E-state index in [0.29, 0.717) is 10.7 Å². The Kier molecular flexibility index (Phi) is 4.55. The van der Waals surface area contributed by atoms with Crippen molar-refractivity contribution in [1.82, 2.24) is 5.32 Å². The first kappa shape index (κ1) is 14.3. The molecule has 0 aliphatic heterocycles. The van der Waals surface area contributed by atoms with E-state index < -0.39 is 17.9 Å². The van der Waals surface area contributed by atoms with Crippen molar-refractivity contribution in [3.05, 3.63) is 28.8 Å². The minimum Gasteiger partial charge on any atom is -0.480 e. The fraction of sp³-hybridized carbons (Fsp3) is 0.333. The van der Waals surface area contributed by atoms with Crippen LogP contribution < -0.4 is 11.1 Å². The first-order chi connectivity index (χ1) is 8.31. The number of nitrogens with one attached hydrogen (secondary N) is 1. The Balaban J connectivity index is 2.90. The molecule has 0 spiro atoms. The van der Waals surface area contributed by atoms with E-state index in [-0.39, 0.29) is 11.5 Å². The van der Waals surface area contributed by atoms with E-state index in [1.54, 1.807) is 13.8 Å². The molecule has 0 radical (unpaired) electrons. The first-order valence-electron chi connectivity index (χ1n) is 5.41. The van der Waals surface area contributed by atoms with E-state index in [4.69, 9.17) is 22.4 Å². The Bertz CT molecular complexity index is 454. The van der Waals surface area contributed by atoms with E-state index in [1.165, 1.54) is 18.2 Å². The summed E-state index contributed by atoms with van der Waals surface area (Å²) < 4.78 is 0. The summed E-state index contributed by atoms with van der Waals surface area (Å²) in [6.07, 6.45) is 0. The van der Waals surface area contributed by atoms with Crippen LogP contribution in [0, 0.1) is 5.92 Å². The fourth-order valence-corrected chi connectivity index (χ4v) is 1.73. The molecule has 1 amide bonds. The van der Waals surface area contributed by atoms with E-state index in [2.05, 4.69) is 5.32 Å². The van der Waals surface area contributed by atoms with E-state index >= 15 is 0 Å². The lowest BCUT2D eigenvalue weighted by atomic mass is 10.0. The molecule has 1 aromatic rings. The Labute approximate surface area is 110 Å². The van der Waals surface area contributed by atoms with Crippen LogP contribution >= 0.6 is 11.6 Å². The number of carbonyl (C=O) groups excluding carboxylic acids is 1. The van der Waals surface area contributed by atoms with Gasteiger partial charge in [-0.1, -0.05) is 25.4 Å². The van der Waals surface area contributed by atoms with Crippen molar-refractivity contribution in [1.29, 1.82) is 0 Å². The largest absolute Gasteiger partial charge is 0.480 e. The Morgan fingerprint density at radius 3 is 2.39 bits per heavy atom. The number of hydrogen-bond donors (Lipinski definition) is 3. The summed E-state index contributed by atoms with van der Waals surface area (Å²) in [4.78, 5) is 22.9. The second-order valence-electron chi connectivity index (χ2n) is 4.31. The second kappa shape index (κ2) is 5.73. The normalized spacial score (nSPS) is 12.2. The van der Waals surface area contributed by atoms with Crippen molar-refractivity contribution in [3.63, 3.8) is 0 Å². The van der Waals surface area contributed by atoms with Crippen LogP contribution in [0.1, 0.15) is 24.2 Å². The highest BCUT2D eigenvalue weighted by atomic mass is 35.5. The van der Waals surface area contributed by atoms with E-state index in [0.717, 1.165) is 0 Å². The predicted octanol–water partition coefficient (Wildman–Crippen LogP) is 1.76. The van der Waals surface area contributed by atoms with Crippen LogP contribution in [0.25, 0.3) is 0 Å². The topological polar surface area (TPSA) is 92.4 Å². The van der Waals surface area contributed by atoms with Crippen LogP contribution in [0.15, 0.2) is 18.2 Å². The van der Waals surface area contributed by atoms with Gasteiger partial charge in [-0.2, -0.15) is 0 Å². The standard InChI is InChI=1S/C12H15ClN2O3/c1-6(2)10(12(17)18)15-11(16)7-3-8(13)5-9(14)4-7/h3-6,10H,14H2,1-2H3,(H,15,16)(H,17,18)/t10-/m0/s1. The maximum absolute atomic E-state index is 11.9. The molecule has 0 bridgehead atoms. The average Bonchev–Trinajstić information content (AvgIpc) is 2.23. The molecule has 0 fully saturated rings. The molecule has 0 saturated carbocycles. The van der Waals surface area contributed by atoms with Gasteiger partial charge in [0.15, 0.2) is 0 Å². The van der Waals surface area contributed by atoms with Crippen LogP contribution in [-0.2, 0) is 4.79 Å². The highest BCUT2D eigenvalue weighted by Gasteiger charge is 2.24. The van der Waals surface area contributed by atoms with Crippen LogP contribution in [0.4, 0.5) is 5.69 Å². The number of rotatable bonds is 4. The fourth-order valence-electron chi connectivity index (χ4n) is 1.48. The average molecular weight is 271 g/mol. The molecule has 0 saturated heterocycles. The molecule has 0 heterocycles. The van der Waals surface area contributed by atoms with Crippen LogP contribution in [0.5, 0.6) is 0 Å². The number of hydrogen-bond acceptors (Lipinski definition) is 3. The van der Waals surface area contributed by atoms with Crippen molar-refractivity contribution < 1.29 is 14.7 Å². The monoisotopic (exact) mass is 270 g/mol. The number of benzene rings is 1. The van der Waals surface area contributed by atoms with E-state index in [1.807, 2.05) is 0 Å². The number of nitrogen functional groups attached to an aromatic ring is 1. The van der Waals surface area contributed by atoms with Crippen molar-refractivity contribution in [2.75, 3.05) is 5.73 Å². The van der Waals surface area contributed by atoms with Gasteiger partial charge in [-0.25, -0.2) is 4.79 Å². The maximum Gasteiger partial charge on any atom is 0.326 e. The van der Waals surface area contributed by atoms with Gasteiger partial charge in [0.2, 0.25) is 0 Å². The third-order valence-electron chi connectivity index (χ3n) is 2.40. The Morgan fingerprint density at radius 1 is 1.33 bits per heavy atom. The highest BCUT2D eigenvalue weighted by Crippen LogP contribution is 2.17. The molecule has 98 valence electrons. The zero-order chi connectivity index (χ0) is 13.9. The third kappa shape index (κ3) is 3.63. The molecule has 0 aliphatic carbocycles. The molecule has 0 aromatic heterocycles. The predicted molar refractivity (Wildman–Crippen MR) is 69.6 cm³/mol. The minimum atomic E-state index is -1.08. The lowest BCUT2D eigenvalue weighted by molar-refractivity contribution is -0.140. The number of carbonyl (C=O) groups is 2. The molecule has 6 heteroatoms. The molecule has 5 nitrogen and oxygen atoms in total. The Morgan fingerprint density at radius 2 is 1.94 bits per heavy atom. The summed E-state index contributed by atoms with van der Waals surface area (Å²) in [6, 6.07) is 3.44. The quantitative estimate of drug-likeness (QED) is 0.727. The van der Waals surface area contributed by atoms with Gasteiger partial charge in [0.05, 0.1) is 0 Å². The van der Waals surface area contributed by atoms with Crippen molar-refractivity contribution in [2.45, 2.75) is 19.9 Å². The number of carboxylic acid groups (broad SMARTS) is 1. The van der Waals surface area contributed by atoms with Gasteiger partial charge in [0, 0.05) is 16.3 Å². The van der Waals surface area contributed by atoms with E-state index in [9.17, 15) is 9.59 Å². The number of nitrogens with two attached hydrogens (primary N) is 1. The molecule has 0 aliphatic rings. The summed E-state index contributed by atoms with van der Waals surface area (Å²) in [7, 11) is 0. The molecule has 1 atom stereocenters. The number of amides is 1. The molecule has 0 unspecified atom stereocenters. The molecular weight excluding hydrogens is 256 g/mol. The highest BCUT2D eigenvalue weighted by molar-refractivity contribution is 6.31. The second-order valence-corrected chi connectivity index (χ2v) is 4.74. The molecular formula is C12H15ClN2O3. The van der Waals surface area contributed by atoms with Crippen molar-refractivity contribution in [2.24, 2.45) is 5.92 Å². The van der Waals surface area contributed by atoms with Gasteiger partial charge in [0.25, 0.3) is 5.91 Å². The summed E-state index contributed by atoms with van der Waals surface area (Å²) in [5.74, 6) is -1.80. The van der Waals surface area contributed by atoms with Gasteiger partial charge >= 0.3 is 5.97 Å². The van der Waals surface area contributed by atoms with Crippen LogP contribution in [-0.4, -0.2) is 23.0 Å². The number of carboxylic acids is 1. The minimum absolute atomic E-state index is 0.219. The number of anilines is 1. The zero-order valence-corrected chi connectivity index (χ0v) is 10.9. The molecule has 1 rings (SSSR count). The maximum atomic E-state index is 11.9. The lowest BCUT2D eigenvalue weighted by Crippen LogP contribution is -2.44. The smallest absolute Gasteiger partial charge is 0.326 e. The SMILES string of the molecule is CC(C)[C@H](NC(=O)c1cc(N)cc(Cl)c1)C(=O)O. The Hall–Kier alpha value is -1.75. The van der Waals surface area contributed by atoms with Gasteiger partial charge in [-0.05, 0) is 24.1 Å². The van der Waals surface area contributed by atoms with Crippen LogP contribution in [0.3, 0.4) is 0 Å². The van der Waals surface area contributed by atoms with Gasteiger partial charge in [-0.15, -0.1) is 0 Å². The van der Waals surface area contributed by atoms with Crippen molar-refractivity contribution >= 4 is 29.2 Å². The summed E-state index contributed by atoms with van der Waals surface area (Å²) >= 11 is 5.78. The van der Waals surface area contributed by atoms with Gasteiger partial charge in [0.1, 0.15) is 6.04 Å². The van der Waals surface area contributed by atoms with Crippen LogP contribution in [0.2, 0.25) is 5.02 Å². The molecule has 1 aromatic carbocycles. The summed E-state index contributed by atoms with van der Waals surface area (Å²) in [5.41, 5.74) is 6.16. The van der Waals surface area contributed by atoms with Gasteiger partial charge in [-0.3, -0.25) is 4.79 Å². The number of halogens is 1. The van der Waals surface area contributed by atoms with Crippen molar-refractivity contribution in [3.8, 4) is 0 Å². The lowest BCUT2D eigenvalue weighted by Gasteiger charge is -2.18. The molecule has 18 heavy (non-hydrogen) atoms. The van der Waals surface area contributed by atoms with Gasteiger partial charge < -0.3 is 16.2 Å². The molecule has 4 N–H and O–H groups in total. The third-order valence-corrected chi connectivity index (χ3v) is 2.62. The summed E-state index contributed by atoms with van der Waals surface area (Å²) in [5, 5.41) is 11.7. The summed E-state index contributed by atoms with van der Waals surface area (Å²) in [6.45, 7) is 3.43. The first-order valence-corrected chi connectivity index (χ1v) is 5.78. The number of aliphatic carboxylic acids is 1. The zero-order valence-electron chi connectivity index (χ0n) is 10.1.